The van der Waals surface area contributed by atoms with Gasteiger partial charge in [0, 0.05) is 23.8 Å². The van der Waals surface area contributed by atoms with Gasteiger partial charge in [0.2, 0.25) is 0 Å². The molecule has 0 spiro atoms. The van der Waals surface area contributed by atoms with E-state index in [1.165, 1.54) is 18.7 Å². The number of hydrogen-bond donors (Lipinski definition) is 2. The molecule has 1 amide bonds. The van der Waals surface area contributed by atoms with Crippen LogP contribution >= 0.6 is 0 Å². The topological polar surface area (TPSA) is 80.9 Å². The van der Waals surface area contributed by atoms with Gasteiger partial charge in [-0.15, -0.1) is 0 Å². The lowest BCUT2D eigenvalue weighted by Crippen LogP contribution is -2.14. The summed E-state index contributed by atoms with van der Waals surface area (Å²) in [5.74, 6) is -0.243. The monoisotopic (exact) mass is 242 g/mol. The summed E-state index contributed by atoms with van der Waals surface area (Å²) in [6.07, 6.45) is 4.33. The third kappa shape index (κ3) is 2.29. The van der Waals surface area contributed by atoms with Crippen LogP contribution in [0.1, 0.15) is 21.5 Å². The van der Waals surface area contributed by atoms with Crippen LogP contribution in [0.2, 0.25) is 0 Å². The molecular weight excluding hydrogens is 228 g/mol. The molecule has 5 heteroatoms. The van der Waals surface area contributed by atoms with Crippen LogP contribution in [0.3, 0.4) is 0 Å². The molecule has 0 fully saturated rings. The van der Waals surface area contributed by atoms with E-state index in [4.69, 9.17) is 5.73 Å². The number of amides is 1. The lowest BCUT2D eigenvalue weighted by molar-refractivity contribution is 0.102. The lowest BCUT2D eigenvalue weighted by atomic mass is 10.1. The van der Waals surface area contributed by atoms with Crippen molar-refractivity contribution in [1.29, 1.82) is 0 Å². The minimum atomic E-state index is -0.243. The van der Waals surface area contributed by atoms with Crippen molar-refractivity contribution in [2.75, 3.05) is 11.1 Å². The smallest absolute Gasteiger partial charge is 0.258 e. The number of hydrogen-bond acceptors (Lipinski definition) is 4. The summed E-state index contributed by atoms with van der Waals surface area (Å²) < 4.78 is 0. The van der Waals surface area contributed by atoms with Gasteiger partial charge in [0.15, 0.2) is 0 Å². The molecule has 3 N–H and O–H groups in total. The van der Waals surface area contributed by atoms with Crippen LogP contribution in [0.15, 0.2) is 30.9 Å². The summed E-state index contributed by atoms with van der Waals surface area (Å²) in [4.78, 5) is 19.6. The van der Waals surface area contributed by atoms with Gasteiger partial charge in [-0.25, -0.2) is 9.97 Å². The fourth-order valence-corrected chi connectivity index (χ4v) is 1.66. The van der Waals surface area contributed by atoms with Crippen molar-refractivity contribution >= 4 is 17.3 Å². The average molecular weight is 242 g/mol. The Morgan fingerprint density at radius 3 is 2.56 bits per heavy atom. The molecule has 0 aliphatic heterocycles. The predicted molar refractivity (Wildman–Crippen MR) is 70.3 cm³/mol. The highest BCUT2D eigenvalue weighted by atomic mass is 16.1. The summed E-state index contributed by atoms with van der Waals surface area (Å²) >= 11 is 0. The maximum absolute atomic E-state index is 12.0. The quantitative estimate of drug-likeness (QED) is 0.788. The summed E-state index contributed by atoms with van der Waals surface area (Å²) in [6.45, 7) is 3.79. The number of nitrogens with zero attached hydrogens (tertiary/aromatic N) is 2. The first-order chi connectivity index (χ1) is 8.59. The first-order valence-electron chi connectivity index (χ1n) is 5.51. The van der Waals surface area contributed by atoms with Crippen molar-refractivity contribution in [2.24, 2.45) is 0 Å². The Morgan fingerprint density at radius 1 is 1.22 bits per heavy atom. The summed E-state index contributed by atoms with van der Waals surface area (Å²) in [5, 5.41) is 2.84. The second kappa shape index (κ2) is 4.83. The van der Waals surface area contributed by atoms with Crippen LogP contribution in [-0.2, 0) is 0 Å². The molecule has 5 nitrogen and oxygen atoms in total. The number of aromatic nitrogens is 2. The van der Waals surface area contributed by atoms with Crippen molar-refractivity contribution in [3.8, 4) is 0 Å². The Kier molecular flexibility index (Phi) is 3.23. The Hall–Kier alpha value is -2.43. The number of aryl methyl sites for hydroxylation is 1. The summed E-state index contributed by atoms with van der Waals surface area (Å²) in [7, 11) is 0. The molecule has 92 valence electrons. The highest BCUT2D eigenvalue weighted by Crippen LogP contribution is 2.25. The second-order valence-electron chi connectivity index (χ2n) is 4.05. The van der Waals surface area contributed by atoms with Gasteiger partial charge in [0.05, 0.1) is 5.56 Å². The van der Waals surface area contributed by atoms with Gasteiger partial charge in [-0.05, 0) is 31.0 Å². The first kappa shape index (κ1) is 12.0. The van der Waals surface area contributed by atoms with Gasteiger partial charge < -0.3 is 11.1 Å². The minimum Gasteiger partial charge on any atom is -0.398 e. The molecule has 0 aliphatic rings. The van der Waals surface area contributed by atoms with Crippen molar-refractivity contribution in [3.63, 3.8) is 0 Å². The van der Waals surface area contributed by atoms with Crippen LogP contribution in [0, 0.1) is 13.8 Å². The molecule has 0 saturated carbocycles. The number of nitrogen functional groups attached to an aromatic ring is 1. The largest absolute Gasteiger partial charge is 0.398 e. The van der Waals surface area contributed by atoms with Crippen molar-refractivity contribution in [2.45, 2.75) is 13.8 Å². The third-order valence-corrected chi connectivity index (χ3v) is 2.78. The Morgan fingerprint density at radius 2 is 1.89 bits per heavy atom. The molecular formula is C13H14N4O. The maximum Gasteiger partial charge on any atom is 0.258 e. The normalized spacial score (nSPS) is 10.1. The summed E-state index contributed by atoms with van der Waals surface area (Å²) in [5.41, 5.74) is 9.46. The molecule has 0 bridgehead atoms. The van der Waals surface area contributed by atoms with E-state index in [1.54, 1.807) is 0 Å². The van der Waals surface area contributed by atoms with E-state index in [1.807, 2.05) is 26.0 Å². The minimum absolute atomic E-state index is 0.243. The molecule has 2 aromatic rings. The maximum atomic E-state index is 12.0. The average Bonchev–Trinajstić information content (AvgIpc) is 2.40. The molecule has 0 aliphatic carbocycles. The third-order valence-electron chi connectivity index (χ3n) is 2.78. The fraction of sp³-hybridized carbons (Fsp3) is 0.154. The van der Waals surface area contributed by atoms with E-state index in [2.05, 4.69) is 15.3 Å². The Balaban J connectivity index is 2.30. The van der Waals surface area contributed by atoms with Crippen LogP contribution in [0.4, 0.5) is 11.4 Å². The zero-order chi connectivity index (χ0) is 13.1. The van der Waals surface area contributed by atoms with Gasteiger partial charge >= 0.3 is 0 Å². The van der Waals surface area contributed by atoms with Crippen molar-refractivity contribution < 1.29 is 4.79 Å². The molecule has 18 heavy (non-hydrogen) atoms. The standard InChI is InChI=1S/C13H14N4O/c1-8-3-4-11(14)9(2)12(8)17-13(18)10-5-15-7-16-6-10/h3-7H,14H2,1-2H3,(H,17,18). The highest BCUT2D eigenvalue weighted by Gasteiger charge is 2.11. The fourth-order valence-electron chi connectivity index (χ4n) is 1.66. The van der Waals surface area contributed by atoms with Crippen LogP contribution in [0.25, 0.3) is 0 Å². The zero-order valence-corrected chi connectivity index (χ0v) is 10.3. The number of rotatable bonds is 2. The van der Waals surface area contributed by atoms with E-state index in [0.29, 0.717) is 11.3 Å². The number of carbonyl (C=O) groups is 1. The molecule has 2 rings (SSSR count). The van der Waals surface area contributed by atoms with E-state index in [9.17, 15) is 4.79 Å². The van der Waals surface area contributed by atoms with E-state index < -0.39 is 0 Å². The van der Waals surface area contributed by atoms with Crippen LogP contribution in [0.5, 0.6) is 0 Å². The second-order valence-corrected chi connectivity index (χ2v) is 4.05. The van der Waals surface area contributed by atoms with E-state index >= 15 is 0 Å². The molecule has 0 radical (unpaired) electrons. The van der Waals surface area contributed by atoms with Gasteiger partial charge in [-0.1, -0.05) is 6.07 Å². The number of nitrogens with one attached hydrogen (secondary N) is 1. The van der Waals surface area contributed by atoms with Gasteiger partial charge in [-0.2, -0.15) is 0 Å². The lowest BCUT2D eigenvalue weighted by Gasteiger charge is -2.13. The SMILES string of the molecule is Cc1ccc(N)c(C)c1NC(=O)c1cncnc1. The molecule has 0 saturated heterocycles. The van der Waals surface area contributed by atoms with E-state index in [-0.39, 0.29) is 5.91 Å². The Labute approximate surface area is 105 Å². The molecule has 1 aromatic heterocycles. The van der Waals surface area contributed by atoms with Gasteiger partial charge in [-0.3, -0.25) is 4.79 Å². The van der Waals surface area contributed by atoms with Gasteiger partial charge in [0.25, 0.3) is 5.91 Å². The van der Waals surface area contributed by atoms with Crippen LogP contribution in [-0.4, -0.2) is 15.9 Å². The first-order valence-corrected chi connectivity index (χ1v) is 5.51. The molecule has 0 unspecified atom stereocenters. The van der Waals surface area contributed by atoms with Gasteiger partial charge in [0.1, 0.15) is 6.33 Å². The number of anilines is 2. The van der Waals surface area contributed by atoms with E-state index in [0.717, 1.165) is 16.8 Å². The number of carbonyl (C=O) groups excluding carboxylic acids is 1. The summed E-state index contributed by atoms with van der Waals surface area (Å²) in [6, 6.07) is 3.70. The zero-order valence-electron chi connectivity index (χ0n) is 10.3. The Bertz CT molecular complexity index is 581. The van der Waals surface area contributed by atoms with Crippen LogP contribution < -0.4 is 11.1 Å². The van der Waals surface area contributed by atoms with Crippen molar-refractivity contribution in [3.05, 3.63) is 47.5 Å². The molecule has 0 atom stereocenters. The highest BCUT2D eigenvalue weighted by molar-refractivity contribution is 6.05. The van der Waals surface area contributed by atoms with Crippen molar-refractivity contribution in [1.82, 2.24) is 9.97 Å². The molecule has 1 heterocycles. The number of nitrogens with two attached hydrogens (primary N) is 1. The molecule has 1 aromatic carbocycles. The number of benzene rings is 1. The predicted octanol–water partition coefficient (Wildman–Crippen LogP) is 1.93.